The summed E-state index contributed by atoms with van der Waals surface area (Å²) in [6.07, 6.45) is 2.28. The number of fused-ring (bicyclic) bond motifs is 1. The molecule has 0 spiro atoms. The number of rotatable bonds is 4. The summed E-state index contributed by atoms with van der Waals surface area (Å²) in [4.78, 5) is 16.2. The average molecular weight is 304 g/mol. The van der Waals surface area contributed by atoms with E-state index in [-0.39, 0.29) is 0 Å². The molecule has 1 amide bonds. The van der Waals surface area contributed by atoms with Gasteiger partial charge < -0.3 is 10.1 Å². The predicted octanol–water partition coefficient (Wildman–Crippen LogP) is 4.05. The third kappa shape index (κ3) is 4.56. The molecule has 1 aromatic heterocycles. The van der Waals surface area contributed by atoms with E-state index >= 15 is 0 Å². The van der Waals surface area contributed by atoms with Gasteiger partial charge in [-0.1, -0.05) is 12.1 Å². The van der Waals surface area contributed by atoms with Gasteiger partial charge in [0.15, 0.2) is 0 Å². The van der Waals surface area contributed by atoms with Gasteiger partial charge in [-0.25, -0.2) is 9.78 Å². The Balaban J connectivity index is 2.02. The molecule has 1 N–H and O–H groups in total. The summed E-state index contributed by atoms with van der Waals surface area (Å²) in [5.74, 6) is 0. The molecule has 0 unspecified atom stereocenters. The Morgan fingerprint density at radius 3 is 2.90 bits per heavy atom. The van der Waals surface area contributed by atoms with Crippen LogP contribution in [0.5, 0.6) is 0 Å². The first-order valence-corrected chi connectivity index (χ1v) is 7.65. The van der Waals surface area contributed by atoms with Crippen molar-refractivity contribution in [3.63, 3.8) is 0 Å². The van der Waals surface area contributed by atoms with E-state index in [1.807, 2.05) is 26.8 Å². The Morgan fingerprint density at radius 1 is 1.48 bits per heavy atom. The molecule has 21 heavy (non-hydrogen) atoms. The van der Waals surface area contributed by atoms with Crippen molar-refractivity contribution in [3.05, 3.63) is 41.4 Å². The minimum absolute atomic E-state index is 0.380. The zero-order valence-corrected chi connectivity index (χ0v) is 13.4. The van der Waals surface area contributed by atoms with Crippen LogP contribution < -0.4 is 5.32 Å². The minimum Gasteiger partial charge on any atom is -0.444 e. The number of hydrogen-bond acceptors (Lipinski definition) is 4. The number of allylic oxidation sites excluding steroid dienone is 1. The minimum atomic E-state index is -0.489. The molecule has 4 nitrogen and oxygen atoms in total. The van der Waals surface area contributed by atoms with Crippen LogP contribution in [0.2, 0.25) is 0 Å². The van der Waals surface area contributed by atoms with Crippen LogP contribution in [0.3, 0.4) is 0 Å². The van der Waals surface area contributed by atoms with Crippen LogP contribution in [0.15, 0.2) is 30.9 Å². The summed E-state index contributed by atoms with van der Waals surface area (Å²) < 4.78 is 6.31. The summed E-state index contributed by atoms with van der Waals surface area (Å²) in [5.41, 5.74) is 1.66. The molecule has 1 aromatic carbocycles. The third-order valence-corrected chi connectivity index (χ3v) is 3.70. The average Bonchev–Trinajstić information content (AvgIpc) is 2.77. The van der Waals surface area contributed by atoms with E-state index in [0.717, 1.165) is 21.6 Å². The smallest absolute Gasteiger partial charge is 0.408 e. The Hall–Kier alpha value is -1.88. The highest BCUT2D eigenvalue weighted by Crippen LogP contribution is 2.23. The number of amides is 1. The fourth-order valence-electron chi connectivity index (χ4n) is 1.85. The van der Waals surface area contributed by atoms with Crippen molar-refractivity contribution in [3.8, 4) is 0 Å². The second-order valence-corrected chi connectivity index (χ2v) is 6.87. The molecule has 0 saturated heterocycles. The Morgan fingerprint density at radius 2 is 2.24 bits per heavy atom. The molecule has 0 fully saturated rings. The summed E-state index contributed by atoms with van der Waals surface area (Å²) in [6, 6.07) is 6.20. The number of aromatic nitrogens is 1. The number of nitrogens with one attached hydrogen (secondary N) is 1. The zero-order valence-electron chi connectivity index (χ0n) is 12.6. The molecule has 0 bridgehead atoms. The topological polar surface area (TPSA) is 51.2 Å². The number of thiazole rings is 1. The summed E-state index contributed by atoms with van der Waals surface area (Å²) in [5, 5.41) is 3.59. The van der Waals surface area contributed by atoms with Gasteiger partial charge in [0, 0.05) is 0 Å². The molecule has 0 radical (unpaired) electrons. The fourth-order valence-corrected chi connectivity index (χ4v) is 2.74. The number of ether oxygens (including phenoxy) is 1. The van der Waals surface area contributed by atoms with Crippen LogP contribution in [-0.4, -0.2) is 16.7 Å². The Kier molecular flexibility index (Phi) is 4.63. The maximum absolute atomic E-state index is 11.6. The first-order chi connectivity index (χ1) is 9.87. The predicted molar refractivity (Wildman–Crippen MR) is 86.6 cm³/mol. The maximum atomic E-state index is 11.6. The van der Waals surface area contributed by atoms with Crippen molar-refractivity contribution in [1.29, 1.82) is 0 Å². The lowest BCUT2D eigenvalue weighted by Gasteiger charge is -2.19. The molecule has 0 aliphatic carbocycles. The summed E-state index contributed by atoms with van der Waals surface area (Å²) in [6.45, 7) is 9.64. The van der Waals surface area contributed by atoms with Gasteiger partial charge in [-0.05, 0) is 44.9 Å². The fraction of sp³-hybridized carbons (Fsp3) is 0.375. The standard InChI is InChI=1S/C16H20N2O2S/c1-5-6-11-7-8-13-12(9-11)18-14(21-13)10-17-15(19)20-16(2,3)4/h5,7-9H,1,6,10H2,2-4H3,(H,17,19). The van der Waals surface area contributed by atoms with Gasteiger partial charge in [-0.15, -0.1) is 17.9 Å². The monoisotopic (exact) mass is 304 g/mol. The maximum Gasteiger partial charge on any atom is 0.408 e. The highest BCUT2D eigenvalue weighted by atomic mass is 32.1. The first kappa shape index (κ1) is 15.5. The van der Waals surface area contributed by atoms with Crippen molar-refractivity contribution in [2.24, 2.45) is 0 Å². The normalized spacial score (nSPS) is 11.4. The quantitative estimate of drug-likeness (QED) is 0.867. The first-order valence-electron chi connectivity index (χ1n) is 6.83. The lowest BCUT2D eigenvalue weighted by molar-refractivity contribution is 0.0523. The van der Waals surface area contributed by atoms with E-state index in [0.29, 0.717) is 6.54 Å². The third-order valence-electron chi connectivity index (χ3n) is 2.66. The molecule has 112 valence electrons. The van der Waals surface area contributed by atoms with Crippen molar-refractivity contribution in [2.75, 3.05) is 0 Å². The highest BCUT2D eigenvalue weighted by molar-refractivity contribution is 7.18. The molecular formula is C16H20N2O2S. The Bertz CT molecular complexity index is 656. The van der Waals surface area contributed by atoms with E-state index in [1.54, 1.807) is 11.3 Å². The van der Waals surface area contributed by atoms with Gasteiger partial charge in [0.1, 0.15) is 10.6 Å². The molecule has 0 saturated carbocycles. The summed E-state index contributed by atoms with van der Waals surface area (Å²) in [7, 11) is 0. The van der Waals surface area contributed by atoms with E-state index in [4.69, 9.17) is 4.74 Å². The second-order valence-electron chi connectivity index (χ2n) is 5.76. The molecule has 0 atom stereocenters. The van der Waals surface area contributed by atoms with Gasteiger partial charge in [-0.3, -0.25) is 0 Å². The van der Waals surface area contributed by atoms with Gasteiger partial charge in [0.05, 0.1) is 16.8 Å². The van der Waals surface area contributed by atoms with Crippen molar-refractivity contribution in [2.45, 2.75) is 39.3 Å². The van der Waals surface area contributed by atoms with E-state index in [9.17, 15) is 4.79 Å². The van der Waals surface area contributed by atoms with Gasteiger partial charge in [-0.2, -0.15) is 0 Å². The largest absolute Gasteiger partial charge is 0.444 e. The van der Waals surface area contributed by atoms with E-state index in [1.165, 1.54) is 5.56 Å². The van der Waals surface area contributed by atoms with Gasteiger partial charge >= 0.3 is 6.09 Å². The van der Waals surface area contributed by atoms with E-state index in [2.05, 4.69) is 35.1 Å². The molecule has 0 aliphatic rings. The number of carbonyl (C=O) groups excluding carboxylic acids is 1. The molecule has 0 aliphatic heterocycles. The molecule has 2 aromatic rings. The van der Waals surface area contributed by atoms with Crippen molar-refractivity contribution >= 4 is 27.6 Å². The number of hydrogen-bond donors (Lipinski definition) is 1. The molecule has 5 heteroatoms. The zero-order chi connectivity index (χ0) is 15.5. The molecule has 2 rings (SSSR count). The number of carbonyl (C=O) groups is 1. The van der Waals surface area contributed by atoms with Crippen LogP contribution in [0, 0.1) is 0 Å². The van der Waals surface area contributed by atoms with Crippen LogP contribution in [-0.2, 0) is 17.7 Å². The van der Waals surface area contributed by atoms with Crippen molar-refractivity contribution < 1.29 is 9.53 Å². The van der Waals surface area contributed by atoms with Crippen LogP contribution >= 0.6 is 11.3 Å². The van der Waals surface area contributed by atoms with Crippen molar-refractivity contribution in [1.82, 2.24) is 10.3 Å². The van der Waals surface area contributed by atoms with Gasteiger partial charge in [0.25, 0.3) is 0 Å². The lowest BCUT2D eigenvalue weighted by atomic mass is 10.1. The van der Waals surface area contributed by atoms with Gasteiger partial charge in [0.2, 0.25) is 0 Å². The molecule has 1 heterocycles. The second kappa shape index (κ2) is 6.26. The van der Waals surface area contributed by atoms with Crippen LogP contribution in [0.4, 0.5) is 4.79 Å². The van der Waals surface area contributed by atoms with Crippen LogP contribution in [0.25, 0.3) is 10.2 Å². The number of benzene rings is 1. The lowest BCUT2D eigenvalue weighted by Crippen LogP contribution is -2.32. The Labute approximate surface area is 128 Å². The molecular weight excluding hydrogens is 284 g/mol. The highest BCUT2D eigenvalue weighted by Gasteiger charge is 2.16. The SMILES string of the molecule is C=CCc1ccc2sc(CNC(=O)OC(C)(C)C)nc2c1. The summed E-state index contributed by atoms with van der Waals surface area (Å²) >= 11 is 1.58. The van der Waals surface area contributed by atoms with Crippen LogP contribution in [0.1, 0.15) is 31.3 Å². The van der Waals surface area contributed by atoms with E-state index < -0.39 is 11.7 Å². The number of alkyl carbamates (subject to hydrolysis) is 1. The number of nitrogens with zero attached hydrogens (tertiary/aromatic N) is 1.